The number of hydrogen-bond donors (Lipinski definition) is 1. The lowest BCUT2D eigenvalue weighted by Gasteiger charge is -2.22. The van der Waals surface area contributed by atoms with E-state index in [9.17, 15) is 9.59 Å². The van der Waals surface area contributed by atoms with Gasteiger partial charge in [0.1, 0.15) is 5.60 Å². The van der Waals surface area contributed by atoms with Crippen LogP contribution in [-0.4, -0.2) is 22.6 Å². The summed E-state index contributed by atoms with van der Waals surface area (Å²) in [4.78, 5) is 21.8. The fraction of sp³-hybridized carbons (Fsp3) is 0.385. The van der Waals surface area contributed by atoms with Crippen LogP contribution in [0.1, 0.15) is 38.1 Å². The summed E-state index contributed by atoms with van der Waals surface area (Å²) < 4.78 is 10.6. The lowest BCUT2D eigenvalue weighted by atomic mass is 10.1. The standard InChI is InChI=1S/C13H16O5/c1-8(14)17-11-7-9(12(15)16)5-6-10(11)18-13(2,3)4/h5-7H,1-4H3,(H,15,16). The highest BCUT2D eigenvalue weighted by molar-refractivity contribution is 5.88. The van der Waals surface area contributed by atoms with Crippen LogP contribution in [0.3, 0.4) is 0 Å². The second-order valence-electron chi connectivity index (χ2n) is 4.77. The van der Waals surface area contributed by atoms with Crippen molar-refractivity contribution < 1.29 is 24.2 Å². The molecule has 0 saturated heterocycles. The molecule has 0 spiro atoms. The van der Waals surface area contributed by atoms with Gasteiger partial charge in [-0.1, -0.05) is 0 Å². The SMILES string of the molecule is CC(=O)Oc1cc(C(=O)O)ccc1OC(C)(C)C. The van der Waals surface area contributed by atoms with Crippen molar-refractivity contribution in [2.24, 2.45) is 0 Å². The van der Waals surface area contributed by atoms with Crippen LogP contribution in [0.25, 0.3) is 0 Å². The third-order valence-electron chi connectivity index (χ3n) is 1.86. The Balaban J connectivity index is 3.16. The molecule has 18 heavy (non-hydrogen) atoms. The molecular formula is C13H16O5. The Labute approximate surface area is 105 Å². The third kappa shape index (κ3) is 4.08. The fourth-order valence-corrected chi connectivity index (χ4v) is 1.29. The predicted octanol–water partition coefficient (Wildman–Crippen LogP) is 2.49. The number of rotatable bonds is 3. The van der Waals surface area contributed by atoms with Crippen LogP contribution in [0.2, 0.25) is 0 Å². The molecule has 0 radical (unpaired) electrons. The van der Waals surface area contributed by atoms with Crippen molar-refractivity contribution in [2.45, 2.75) is 33.3 Å². The first-order valence-electron chi connectivity index (χ1n) is 5.44. The molecule has 5 nitrogen and oxygen atoms in total. The first kappa shape index (κ1) is 14.0. The first-order chi connectivity index (χ1) is 8.19. The van der Waals surface area contributed by atoms with Gasteiger partial charge in [0.2, 0.25) is 0 Å². The molecule has 5 heteroatoms. The Morgan fingerprint density at radius 1 is 1.17 bits per heavy atom. The molecule has 0 bridgehead atoms. The number of carboxylic acids is 1. The van der Waals surface area contributed by atoms with Crippen LogP contribution in [0, 0.1) is 0 Å². The topological polar surface area (TPSA) is 72.8 Å². The minimum atomic E-state index is -1.09. The van der Waals surface area contributed by atoms with E-state index in [-0.39, 0.29) is 11.3 Å². The third-order valence-corrected chi connectivity index (χ3v) is 1.86. The molecule has 1 aromatic carbocycles. The molecule has 0 amide bonds. The molecule has 0 aliphatic carbocycles. The number of carboxylic acid groups (broad SMARTS) is 1. The van der Waals surface area contributed by atoms with Gasteiger partial charge in [-0.25, -0.2) is 4.79 Å². The van der Waals surface area contributed by atoms with E-state index < -0.39 is 17.5 Å². The number of hydrogen-bond acceptors (Lipinski definition) is 4. The molecular weight excluding hydrogens is 236 g/mol. The number of aromatic carboxylic acids is 1. The average Bonchev–Trinajstić information content (AvgIpc) is 2.17. The Morgan fingerprint density at radius 2 is 1.78 bits per heavy atom. The summed E-state index contributed by atoms with van der Waals surface area (Å²) >= 11 is 0. The van der Waals surface area contributed by atoms with Crippen molar-refractivity contribution in [3.05, 3.63) is 23.8 Å². The molecule has 0 heterocycles. The van der Waals surface area contributed by atoms with Crippen LogP contribution < -0.4 is 9.47 Å². The Morgan fingerprint density at radius 3 is 2.22 bits per heavy atom. The zero-order valence-corrected chi connectivity index (χ0v) is 10.8. The molecule has 0 fully saturated rings. The van der Waals surface area contributed by atoms with Crippen molar-refractivity contribution in [1.29, 1.82) is 0 Å². The van der Waals surface area contributed by atoms with Gasteiger partial charge in [0.05, 0.1) is 5.56 Å². The predicted molar refractivity (Wildman–Crippen MR) is 65.1 cm³/mol. The lowest BCUT2D eigenvalue weighted by molar-refractivity contribution is -0.132. The second kappa shape index (κ2) is 5.08. The van der Waals surface area contributed by atoms with Gasteiger partial charge in [-0.3, -0.25) is 4.79 Å². The van der Waals surface area contributed by atoms with Crippen LogP contribution in [0.4, 0.5) is 0 Å². The highest BCUT2D eigenvalue weighted by atomic mass is 16.6. The quantitative estimate of drug-likeness (QED) is 0.661. The highest BCUT2D eigenvalue weighted by Gasteiger charge is 2.18. The summed E-state index contributed by atoms with van der Waals surface area (Å²) in [5.74, 6) is -1.18. The summed E-state index contributed by atoms with van der Waals surface area (Å²) in [6.45, 7) is 6.77. The van der Waals surface area contributed by atoms with Crippen LogP contribution in [0.5, 0.6) is 11.5 Å². The zero-order chi connectivity index (χ0) is 13.9. The number of carbonyl (C=O) groups is 2. The molecule has 1 aromatic rings. The van der Waals surface area contributed by atoms with E-state index in [1.807, 2.05) is 20.8 Å². The van der Waals surface area contributed by atoms with Crippen molar-refractivity contribution >= 4 is 11.9 Å². The number of carbonyl (C=O) groups excluding carboxylic acids is 1. The smallest absolute Gasteiger partial charge is 0.335 e. The van der Waals surface area contributed by atoms with E-state index in [1.54, 1.807) is 0 Å². The summed E-state index contributed by atoms with van der Waals surface area (Å²) in [5.41, 5.74) is -0.438. The monoisotopic (exact) mass is 252 g/mol. The van der Waals surface area contributed by atoms with E-state index in [4.69, 9.17) is 14.6 Å². The van der Waals surface area contributed by atoms with Gasteiger partial charge < -0.3 is 14.6 Å². The van der Waals surface area contributed by atoms with Crippen molar-refractivity contribution in [2.75, 3.05) is 0 Å². The van der Waals surface area contributed by atoms with E-state index in [0.29, 0.717) is 5.75 Å². The largest absolute Gasteiger partial charge is 0.484 e. The molecule has 98 valence electrons. The summed E-state index contributed by atoms with van der Waals surface area (Å²) in [5, 5.41) is 8.89. The van der Waals surface area contributed by atoms with E-state index >= 15 is 0 Å². The lowest BCUT2D eigenvalue weighted by Crippen LogP contribution is -2.23. The van der Waals surface area contributed by atoms with Gasteiger partial charge in [0.15, 0.2) is 11.5 Å². The normalized spacial score (nSPS) is 10.9. The van der Waals surface area contributed by atoms with Crippen LogP contribution in [-0.2, 0) is 4.79 Å². The zero-order valence-electron chi connectivity index (χ0n) is 10.8. The van der Waals surface area contributed by atoms with Gasteiger partial charge in [-0.15, -0.1) is 0 Å². The fourth-order valence-electron chi connectivity index (χ4n) is 1.29. The van der Waals surface area contributed by atoms with Crippen LogP contribution >= 0.6 is 0 Å². The summed E-state index contributed by atoms with van der Waals surface area (Å²) in [6.07, 6.45) is 0. The van der Waals surface area contributed by atoms with Gasteiger partial charge in [-0.05, 0) is 39.0 Å². The minimum absolute atomic E-state index is 0.0347. The van der Waals surface area contributed by atoms with Crippen molar-refractivity contribution in [3.63, 3.8) is 0 Å². The van der Waals surface area contributed by atoms with Crippen LogP contribution in [0.15, 0.2) is 18.2 Å². The maximum absolute atomic E-state index is 11.0. The molecule has 0 aliphatic heterocycles. The Hall–Kier alpha value is -2.04. The number of ether oxygens (including phenoxy) is 2. The molecule has 0 unspecified atom stereocenters. The number of benzene rings is 1. The molecule has 1 rings (SSSR count). The van der Waals surface area contributed by atoms with Crippen molar-refractivity contribution in [3.8, 4) is 11.5 Å². The summed E-state index contributed by atoms with van der Waals surface area (Å²) in [6, 6.07) is 4.15. The second-order valence-corrected chi connectivity index (χ2v) is 4.77. The maximum atomic E-state index is 11.0. The molecule has 0 aliphatic rings. The summed E-state index contributed by atoms with van der Waals surface area (Å²) in [7, 11) is 0. The van der Waals surface area contributed by atoms with E-state index in [0.717, 1.165) is 0 Å². The van der Waals surface area contributed by atoms with Gasteiger partial charge >= 0.3 is 11.9 Å². The van der Waals surface area contributed by atoms with E-state index in [1.165, 1.54) is 25.1 Å². The Kier molecular flexibility index (Phi) is 3.96. The Bertz CT molecular complexity index is 471. The molecule has 0 aromatic heterocycles. The first-order valence-corrected chi connectivity index (χ1v) is 5.44. The molecule has 1 N–H and O–H groups in total. The van der Waals surface area contributed by atoms with Crippen molar-refractivity contribution in [1.82, 2.24) is 0 Å². The average molecular weight is 252 g/mol. The molecule has 0 saturated carbocycles. The van der Waals surface area contributed by atoms with Gasteiger partial charge in [0, 0.05) is 6.92 Å². The van der Waals surface area contributed by atoms with Gasteiger partial charge in [-0.2, -0.15) is 0 Å². The molecule has 0 atom stereocenters. The number of esters is 1. The minimum Gasteiger partial charge on any atom is -0.484 e. The maximum Gasteiger partial charge on any atom is 0.335 e. The van der Waals surface area contributed by atoms with E-state index in [2.05, 4.69) is 0 Å². The van der Waals surface area contributed by atoms with Gasteiger partial charge in [0.25, 0.3) is 0 Å². The highest BCUT2D eigenvalue weighted by Crippen LogP contribution is 2.31.